The van der Waals surface area contributed by atoms with Gasteiger partial charge in [-0.1, -0.05) is 35.0 Å². The lowest BCUT2D eigenvalue weighted by Crippen LogP contribution is -2.50. The van der Waals surface area contributed by atoms with Gasteiger partial charge in [-0.2, -0.15) is 0 Å². The fourth-order valence-corrected chi connectivity index (χ4v) is 4.22. The van der Waals surface area contributed by atoms with Gasteiger partial charge in [0.25, 0.3) is 0 Å². The minimum atomic E-state index is -0.162. The molecule has 8 nitrogen and oxygen atoms in total. The summed E-state index contributed by atoms with van der Waals surface area (Å²) in [5, 5.41) is 9.60. The highest BCUT2D eigenvalue weighted by Gasteiger charge is 2.23. The van der Waals surface area contributed by atoms with Crippen molar-refractivity contribution >= 4 is 29.0 Å². The average molecular weight is 440 g/mol. The molecular formula is C22H25N5O3S. The van der Waals surface area contributed by atoms with Gasteiger partial charge in [-0.05, 0) is 13.8 Å². The van der Waals surface area contributed by atoms with Crippen molar-refractivity contribution in [2.45, 2.75) is 20.3 Å². The molecule has 0 spiro atoms. The number of nitrogens with zero attached hydrogens (tertiary/aromatic N) is 4. The van der Waals surface area contributed by atoms with E-state index in [-0.39, 0.29) is 18.4 Å². The fourth-order valence-electron chi connectivity index (χ4n) is 3.45. The van der Waals surface area contributed by atoms with Crippen LogP contribution in [0.3, 0.4) is 0 Å². The molecule has 4 rings (SSSR count). The summed E-state index contributed by atoms with van der Waals surface area (Å²) in [5.74, 6) is 0.251. The van der Waals surface area contributed by atoms with Gasteiger partial charge < -0.3 is 9.42 Å². The molecule has 1 fully saturated rings. The molecule has 9 heteroatoms. The number of piperazine rings is 1. The summed E-state index contributed by atoms with van der Waals surface area (Å²) in [6, 6.07) is 9.67. The van der Waals surface area contributed by atoms with E-state index >= 15 is 0 Å². The maximum absolute atomic E-state index is 12.5. The zero-order valence-corrected chi connectivity index (χ0v) is 18.4. The van der Waals surface area contributed by atoms with Crippen LogP contribution in [0.1, 0.15) is 16.3 Å². The molecule has 1 aliphatic heterocycles. The summed E-state index contributed by atoms with van der Waals surface area (Å²) in [6.07, 6.45) is 0.341. The first kappa shape index (κ1) is 21.2. The van der Waals surface area contributed by atoms with Gasteiger partial charge in [0, 0.05) is 48.9 Å². The molecular weight excluding hydrogens is 414 g/mol. The zero-order valence-electron chi connectivity index (χ0n) is 17.6. The summed E-state index contributed by atoms with van der Waals surface area (Å²) in [6.45, 7) is 6.72. The summed E-state index contributed by atoms with van der Waals surface area (Å²) < 4.78 is 5.26. The van der Waals surface area contributed by atoms with E-state index in [1.807, 2.05) is 53.3 Å². The van der Waals surface area contributed by atoms with Crippen LogP contribution in [0, 0.1) is 13.8 Å². The second-order valence-corrected chi connectivity index (χ2v) is 8.65. The van der Waals surface area contributed by atoms with Crippen molar-refractivity contribution in [3.63, 3.8) is 0 Å². The van der Waals surface area contributed by atoms with E-state index in [0.29, 0.717) is 44.2 Å². The molecule has 1 N–H and O–H groups in total. The summed E-state index contributed by atoms with van der Waals surface area (Å²) in [5.41, 5.74) is 3.73. The van der Waals surface area contributed by atoms with Crippen molar-refractivity contribution < 1.29 is 14.1 Å². The molecule has 0 unspecified atom stereocenters. The van der Waals surface area contributed by atoms with Crippen LogP contribution in [0.5, 0.6) is 0 Å². The number of rotatable bonds is 6. The molecule has 0 radical (unpaired) electrons. The van der Waals surface area contributed by atoms with Crippen LogP contribution in [0.15, 0.2) is 40.2 Å². The van der Waals surface area contributed by atoms with Gasteiger partial charge in [0.1, 0.15) is 10.7 Å². The van der Waals surface area contributed by atoms with Gasteiger partial charge in [0.05, 0.1) is 13.0 Å². The van der Waals surface area contributed by atoms with Crippen LogP contribution < -0.4 is 5.32 Å². The Morgan fingerprint density at radius 2 is 1.87 bits per heavy atom. The van der Waals surface area contributed by atoms with Crippen molar-refractivity contribution in [2.75, 3.05) is 38.0 Å². The molecule has 1 aliphatic rings. The third-order valence-electron chi connectivity index (χ3n) is 5.18. The fraction of sp³-hybridized carbons (Fsp3) is 0.364. The van der Waals surface area contributed by atoms with Gasteiger partial charge in [0.15, 0.2) is 0 Å². The number of benzene rings is 1. The lowest BCUT2D eigenvalue weighted by molar-refractivity contribution is -0.132. The maximum atomic E-state index is 12.5. The Bertz CT molecular complexity index is 1050. The number of carbonyl (C=O) groups excluding carboxylic acids is 2. The first-order chi connectivity index (χ1) is 15.0. The Balaban J connectivity index is 1.23. The number of amides is 2. The smallest absolute Gasteiger partial charge is 0.240 e. The van der Waals surface area contributed by atoms with E-state index in [2.05, 4.69) is 15.5 Å². The third-order valence-corrected chi connectivity index (χ3v) is 6.15. The van der Waals surface area contributed by atoms with Gasteiger partial charge in [-0.3, -0.25) is 19.8 Å². The van der Waals surface area contributed by atoms with E-state index in [1.54, 1.807) is 6.07 Å². The molecule has 2 amide bonds. The van der Waals surface area contributed by atoms with Crippen molar-refractivity contribution in [1.29, 1.82) is 0 Å². The van der Waals surface area contributed by atoms with Gasteiger partial charge in [-0.25, -0.2) is 4.98 Å². The number of hydrogen-bond acceptors (Lipinski definition) is 7. The summed E-state index contributed by atoms with van der Waals surface area (Å²) >= 11 is 1.52. The monoisotopic (exact) mass is 439 g/mol. The van der Waals surface area contributed by atoms with Gasteiger partial charge in [-0.15, -0.1) is 11.3 Å². The van der Waals surface area contributed by atoms with E-state index in [1.165, 1.54) is 16.9 Å². The number of anilines is 1. The van der Waals surface area contributed by atoms with Crippen LogP contribution in [-0.2, 0) is 16.0 Å². The van der Waals surface area contributed by atoms with Crippen molar-refractivity contribution in [1.82, 2.24) is 19.9 Å². The number of aryl methyl sites for hydroxylation is 2. The molecule has 3 aromatic rings. The van der Waals surface area contributed by atoms with Crippen molar-refractivity contribution in [2.24, 2.45) is 0 Å². The Kier molecular flexibility index (Phi) is 6.43. The molecule has 0 atom stereocenters. The Hall–Kier alpha value is -3.04. The largest absolute Gasteiger partial charge is 0.340 e. The first-order valence-electron chi connectivity index (χ1n) is 10.2. The lowest BCUT2D eigenvalue weighted by atomic mass is 10.1. The normalized spacial score (nSPS) is 14.6. The SMILES string of the molecule is Cc1ccc(-c2cc(NC(=O)CN3CCN(C(=O)Cc4nc(C)cs4)CC3)on2)cc1. The van der Waals surface area contributed by atoms with Crippen LogP contribution >= 0.6 is 11.3 Å². The highest BCUT2D eigenvalue weighted by Crippen LogP contribution is 2.22. The Morgan fingerprint density at radius 1 is 1.13 bits per heavy atom. The lowest BCUT2D eigenvalue weighted by Gasteiger charge is -2.34. The van der Waals surface area contributed by atoms with E-state index in [0.717, 1.165) is 16.3 Å². The average Bonchev–Trinajstić information content (AvgIpc) is 3.38. The first-order valence-corrected chi connectivity index (χ1v) is 11.1. The number of nitrogens with one attached hydrogen (secondary N) is 1. The van der Waals surface area contributed by atoms with E-state index in [4.69, 9.17) is 4.52 Å². The summed E-state index contributed by atoms with van der Waals surface area (Å²) in [7, 11) is 0. The minimum absolute atomic E-state index is 0.0868. The quantitative estimate of drug-likeness (QED) is 0.635. The van der Waals surface area contributed by atoms with Crippen molar-refractivity contribution in [3.8, 4) is 11.3 Å². The number of hydrogen-bond donors (Lipinski definition) is 1. The molecule has 31 heavy (non-hydrogen) atoms. The topological polar surface area (TPSA) is 91.6 Å². The van der Waals surface area contributed by atoms with E-state index in [9.17, 15) is 9.59 Å². The highest BCUT2D eigenvalue weighted by atomic mass is 32.1. The van der Waals surface area contributed by atoms with Crippen LogP contribution in [-0.4, -0.2) is 64.5 Å². The number of thiazole rings is 1. The molecule has 0 saturated carbocycles. The maximum Gasteiger partial charge on any atom is 0.240 e. The Labute approximate surface area is 184 Å². The molecule has 1 aromatic carbocycles. The second-order valence-electron chi connectivity index (χ2n) is 7.71. The van der Waals surface area contributed by atoms with Crippen molar-refractivity contribution in [3.05, 3.63) is 52.0 Å². The summed E-state index contributed by atoms with van der Waals surface area (Å²) in [4.78, 5) is 33.1. The highest BCUT2D eigenvalue weighted by molar-refractivity contribution is 7.09. The minimum Gasteiger partial charge on any atom is -0.340 e. The molecule has 162 valence electrons. The van der Waals surface area contributed by atoms with Crippen LogP contribution in [0.2, 0.25) is 0 Å². The molecule has 2 aromatic heterocycles. The van der Waals surface area contributed by atoms with Crippen LogP contribution in [0.25, 0.3) is 11.3 Å². The standard InChI is InChI=1S/C22H25N5O3S/c1-15-3-5-17(6-4-15)18-11-20(30-25-18)24-19(28)13-26-7-9-27(10-8-26)22(29)12-21-23-16(2)14-31-21/h3-6,11,14H,7-10,12-13H2,1-2H3,(H,24,28). The second kappa shape index (κ2) is 9.40. The molecule has 0 aliphatic carbocycles. The Morgan fingerprint density at radius 3 is 2.55 bits per heavy atom. The zero-order chi connectivity index (χ0) is 21.8. The van der Waals surface area contributed by atoms with Gasteiger partial charge in [0.2, 0.25) is 17.7 Å². The third kappa shape index (κ3) is 5.56. The molecule has 0 bridgehead atoms. The van der Waals surface area contributed by atoms with Crippen LogP contribution in [0.4, 0.5) is 5.88 Å². The van der Waals surface area contributed by atoms with E-state index < -0.39 is 0 Å². The number of carbonyl (C=O) groups is 2. The predicted octanol–water partition coefficient (Wildman–Crippen LogP) is 2.74. The number of aromatic nitrogens is 2. The molecule has 3 heterocycles. The predicted molar refractivity (Wildman–Crippen MR) is 119 cm³/mol. The van der Waals surface area contributed by atoms with Gasteiger partial charge >= 0.3 is 0 Å². The molecule has 1 saturated heterocycles.